The predicted molar refractivity (Wildman–Crippen MR) is 143 cm³/mol. The SMILES string of the molecule is C[C@H](CO)N1C[C@H](C)[C@H](CN(C)Cc2ccc(C(=O)O)cc2)Oc2ccc(NC(=O)C3CC3)cc2CC1=O. The van der Waals surface area contributed by atoms with Crippen LogP contribution in [0.15, 0.2) is 42.5 Å². The van der Waals surface area contributed by atoms with E-state index in [9.17, 15) is 19.5 Å². The van der Waals surface area contributed by atoms with Gasteiger partial charge in [-0.1, -0.05) is 19.1 Å². The molecule has 9 nitrogen and oxygen atoms in total. The van der Waals surface area contributed by atoms with Gasteiger partial charge in [-0.25, -0.2) is 4.79 Å². The number of rotatable bonds is 9. The minimum atomic E-state index is -0.956. The molecule has 0 radical (unpaired) electrons. The summed E-state index contributed by atoms with van der Waals surface area (Å²) in [5.74, 6) is -0.410. The van der Waals surface area contributed by atoms with Crippen molar-refractivity contribution in [2.24, 2.45) is 11.8 Å². The third-order valence-electron chi connectivity index (χ3n) is 7.28. The molecule has 1 aliphatic heterocycles. The number of anilines is 1. The number of hydrogen-bond acceptors (Lipinski definition) is 6. The number of hydrogen-bond donors (Lipinski definition) is 3. The normalized spacial score (nSPS) is 20.6. The number of aromatic carboxylic acids is 1. The van der Waals surface area contributed by atoms with Crippen LogP contribution >= 0.6 is 0 Å². The lowest BCUT2D eigenvalue weighted by molar-refractivity contribution is -0.134. The summed E-state index contributed by atoms with van der Waals surface area (Å²) in [6, 6.07) is 11.9. The first kappa shape index (κ1) is 27.6. The molecular weight excluding hydrogens is 486 g/mol. The first-order chi connectivity index (χ1) is 18.1. The van der Waals surface area contributed by atoms with Gasteiger partial charge in [0, 0.05) is 42.7 Å². The van der Waals surface area contributed by atoms with Crippen molar-refractivity contribution in [3.63, 3.8) is 0 Å². The number of aliphatic hydroxyl groups is 1. The van der Waals surface area contributed by atoms with Crippen molar-refractivity contribution in [2.45, 2.75) is 51.8 Å². The molecule has 1 fully saturated rings. The zero-order chi connectivity index (χ0) is 27.4. The Morgan fingerprint density at radius 3 is 2.53 bits per heavy atom. The van der Waals surface area contributed by atoms with Crippen LogP contribution < -0.4 is 10.1 Å². The topological polar surface area (TPSA) is 119 Å². The number of amides is 2. The van der Waals surface area contributed by atoms with Gasteiger partial charge in [0.1, 0.15) is 11.9 Å². The Morgan fingerprint density at radius 1 is 1.18 bits per heavy atom. The van der Waals surface area contributed by atoms with E-state index in [1.54, 1.807) is 17.0 Å². The fourth-order valence-electron chi connectivity index (χ4n) is 4.75. The summed E-state index contributed by atoms with van der Waals surface area (Å²) in [7, 11) is 1.98. The van der Waals surface area contributed by atoms with Gasteiger partial charge in [-0.05, 0) is 62.7 Å². The Kier molecular flexibility index (Phi) is 8.69. The second kappa shape index (κ2) is 12.0. The molecule has 2 aliphatic rings. The molecule has 3 N–H and O–H groups in total. The van der Waals surface area contributed by atoms with Crippen LogP contribution in [0.3, 0.4) is 0 Å². The van der Waals surface area contributed by atoms with E-state index in [4.69, 9.17) is 9.84 Å². The Morgan fingerprint density at radius 2 is 1.89 bits per heavy atom. The minimum Gasteiger partial charge on any atom is -0.488 e. The van der Waals surface area contributed by atoms with Gasteiger partial charge in [-0.3, -0.25) is 14.5 Å². The lowest BCUT2D eigenvalue weighted by Gasteiger charge is -2.34. The maximum atomic E-state index is 13.3. The number of nitrogens with one attached hydrogen (secondary N) is 1. The number of likely N-dealkylation sites (N-methyl/N-ethyl adjacent to an activating group) is 1. The number of carbonyl (C=O) groups is 3. The summed E-state index contributed by atoms with van der Waals surface area (Å²) in [6.45, 7) is 5.34. The number of carbonyl (C=O) groups excluding carboxylic acids is 2. The van der Waals surface area contributed by atoms with Crippen molar-refractivity contribution in [1.82, 2.24) is 9.80 Å². The van der Waals surface area contributed by atoms with Crippen molar-refractivity contribution < 1.29 is 29.3 Å². The number of carboxylic acid groups (broad SMARTS) is 1. The zero-order valence-corrected chi connectivity index (χ0v) is 22.2. The van der Waals surface area contributed by atoms with E-state index in [0.29, 0.717) is 36.6 Å². The molecule has 0 bridgehead atoms. The second-order valence-electron chi connectivity index (χ2n) is 10.7. The van der Waals surface area contributed by atoms with Crippen molar-refractivity contribution in [3.8, 4) is 5.75 Å². The van der Waals surface area contributed by atoms with E-state index in [1.165, 1.54) is 0 Å². The molecule has 204 valence electrons. The number of fused-ring (bicyclic) bond motifs is 1. The summed E-state index contributed by atoms with van der Waals surface area (Å²) >= 11 is 0. The zero-order valence-electron chi connectivity index (χ0n) is 22.2. The van der Waals surface area contributed by atoms with E-state index in [-0.39, 0.29) is 54.4 Å². The Bertz CT molecular complexity index is 1160. The molecule has 0 spiro atoms. The van der Waals surface area contributed by atoms with Crippen LogP contribution in [0.1, 0.15) is 48.2 Å². The molecule has 4 rings (SSSR count). The smallest absolute Gasteiger partial charge is 0.335 e. The number of benzene rings is 2. The molecule has 2 aromatic carbocycles. The van der Waals surface area contributed by atoms with Gasteiger partial charge in [0.25, 0.3) is 0 Å². The van der Waals surface area contributed by atoms with Crippen LogP contribution in [0.25, 0.3) is 0 Å². The fraction of sp³-hybridized carbons (Fsp3) is 0.483. The molecule has 1 aliphatic carbocycles. The summed E-state index contributed by atoms with van der Waals surface area (Å²) in [6.07, 6.45) is 1.66. The van der Waals surface area contributed by atoms with E-state index >= 15 is 0 Å². The van der Waals surface area contributed by atoms with E-state index in [0.717, 1.165) is 18.4 Å². The predicted octanol–water partition coefficient (Wildman–Crippen LogP) is 3.01. The maximum absolute atomic E-state index is 13.3. The standard InChI is InChI=1S/C29H37N3O6/c1-18-14-32(19(2)17-33)27(34)13-23-12-24(30-28(35)21-8-9-21)10-11-25(23)38-26(18)16-31(3)15-20-4-6-22(7-5-20)29(36)37/h4-7,10-12,18-19,21,26,33H,8-9,13-17H2,1-3H3,(H,30,35)(H,36,37)/t18-,19+,26-/m0/s1. The van der Waals surface area contributed by atoms with Gasteiger partial charge in [0.15, 0.2) is 0 Å². The van der Waals surface area contributed by atoms with Crippen LogP contribution in [0.2, 0.25) is 0 Å². The molecule has 2 aromatic rings. The van der Waals surface area contributed by atoms with E-state index < -0.39 is 5.97 Å². The lowest BCUT2D eigenvalue weighted by atomic mass is 10.0. The number of aliphatic hydroxyl groups excluding tert-OH is 1. The van der Waals surface area contributed by atoms with Crippen LogP contribution in [0.4, 0.5) is 5.69 Å². The molecule has 0 unspecified atom stereocenters. The Hall–Kier alpha value is -3.43. The number of ether oxygens (including phenoxy) is 1. The van der Waals surface area contributed by atoms with Crippen LogP contribution in [-0.2, 0) is 22.6 Å². The molecule has 1 heterocycles. The van der Waals surface area contributed by atoms with Gasteiger partial charge in [0.05, 0.1) is 24.6 Å². The molecule has 1 saturated carbocycles. The van der Waals surface area contributed by atoms with Crippen LogP contribution in [0.5, 0.6) is 5.75 Å². The number of carboxylic acids is 1. The van der Waals surface area contributed by atoms with Crippen molar-refractivity contribution in [1.29, 1.82) is 0 Å². The van der Waals surface area contributed by atoms with Crippen LogP contribution in [-0.4, -0.2) is 76.7 Å². The Balaban J connectivity index is 1.56. The van der Waals surface area contributed by atoms with Gasteiger partial charge in [-0.15, -0.1) is 0 Å². The second-order valence-corrected chi connectivity index (χ2v) is 10.7. The van der Waals surface area contributed by atoms with Crippen LogP contribution in [0, 0.1) is 11.8 Å². The average molecular weight is 524 g/mol. The maximum Gasteiger partial charge on any atom is 0.335 e. The summed E-state index contributed by atoms with van der Waals surface area (Å²) < 4.78 is 6.54. The van der Waals surface area contributed by atoms with Crippen molar-refractivity contribution in [2.75, 3.05) is 32.1 Å². The number of nitrogens with zero attached hydrogens (tertiary/aromatic N) is 2. The van der Waals surface area contributed by atoms with Crippen molar-refractivity contribution >= 4 is 23.5 Å². The molecule has 0 saturated heterocycles. The largest absolute Gasteiger partial charge is 0.488 e. The monoisotopic (exact) mass is 523 g/mol. The van der Waals surface area contributed by atoms with Gasteiger partial charge in [0.2, 0.25) is 11.8 Å². The third kappa shape index (κ3) is 6.90. The first-order valence-electron chi connectivity index (χ1n) is 13.2. The highest BCUT2D eigenvalue weighted by Crippen LogP contribution is 2.32. The highest BCUT2D eigenvalue weighted by Gasteiger charge is 2.32. The lowest BCUT2D eigenvalue weighted by Crippen LogP contribution is -2.47. The molecular formula is C29H37N3O6. The van der Waals surface area contributed by atoms with E-state index in [1.807, 2.05) is 51.2 Å². The average Bonchev–Trinajstić information content (AvgIpc) is 3.73. The molecule has 38 heavy (non-hydrogen) atoms. The van der Waals surface area contributed by atoms with Gasteiger partial charge >= 0.3 is 5.97 Å². The molecule has 0 aromatic heterocycles. The van der Waals surface area contributed by atoms with Gasteiger partial charge < -0.3 is 25.2 Å². The highest BCUT2D eigenvalue weighted by atomic mass is 16.5. The minimum absolute atomic E-state index is 0.000279. The third-order valence-corrected chi connectivity index (χ3v) is 7.28. The molecule has 9 heteroatoms. The van der Waals surface area contributed by atoms with Crippen molar-refractivity contribution in [3.05, 3.63) is 59.2 Å². The van der Waals surface area contributed by atoms with E-state index in [2.05, 4.69) is 10.2 Å². The molecule has 2 amide bonds. The summed E-state index contributed by atoms with van der Waals surface area (Å²) in [4.78, 5) is 40.6. The first-order valence-corrected chi connectivity index (χ1v) is 13.2. The fourth-order valence-corrected chi connectivity index (χ4v) is 4.75. The highest BCUT2D eigenvalue weighted by molar-refractivity contribution is 5.94. The molecule has 3 atom stereocenters. The summed E-state index contributed by atoms with van der Waals surface area (Å²) in [5.41, 5.74) is 2.57. The van der Waals surface area contributed by atoms with Gasteiger partial charge in [-0.2, -0.15) is 0 Å². The summed E-state index contributed by atoms with van der Waals surface area (Å²) in [5, 5.41) is 21.9. The Labute approximate surface area is 223 Å². The quantitative estimate of drug-likeness (QED) is 0.462.